The predicted octanol–water partition coefficient (Wildman–Crippen LogP) is 6.24. The van der Waals surface area contributed by atoms with E-state index in [4.69, 9.17) is 0 Å². The van der Waals surface area contributed by atoms with Crippen molar-refractivity contribution in [2.24, 2.45) is 17.8 Å². The van der Waals surface area contributed by atoms with Gasteiger partial charge >= 0.3 is 0 Å². The first kappa shape index (κ1) is 27.2. The number of anilines is 3. The van der Waals surface area contributed by atoms with E-state index in [1.165, 1.54) is 23.1 Å². The van der Waals surface area contributed by atoms with Gasteiger partial charge in [0.1, 0.15) is 0 Å². The minimum Gasteiger partial charge on any atom is -0.505 e. The number of allylic oxidation sites excluding steroid dienone is 6. The molecular weight excluding hydrogens is 615 g/mol. The Kier molecular flexibility index (Phi) is 6.50. The van der Waals surface area contributed by atoms with E-state index in [0.29, 0.717) is 16.8 Å². The number of carbonyl (C=O) groups excluding carboxylic acids is 4. The molecule has 0 unspecified atom stereocenters. The highest BCUT2D eigenvalue weighted by Gasteiger charge is 2.56. The van der Waals surface area contributed by atoms with Gasteiger partial charge in [-0.05, 0) is 88.8 Å². The molecule has 1 fully saturated rings. The fourth-order valence-electron chi connectivity index (χ4n) is 6.93. The molecule has 2 amide bonds. The Morgan fingerprint density at radius 1 is 0.884 bits per heavy atom. The van der Waals surface area contributed by atoms with Gasteiger partial charge in [-0.25, -0.2) is 4.39 Å². The van der Waals surface area contributed by atoms with Gasteiger partial charge in [0.15, 0.2) is 23.1 Å². The van der Waals surface area contributed by atoms with Crippen molar-refractivity contribution in [3.05, 3.63) is 118 Å². The van der Waals surface area contributed by atoms with Crippen LogP contribution in [0.1, 0.15) is 24.3 Å². The van der Waals surface area contributed by atoms with Crippen LogP contribution in [-0.4, -0.2) is 28.5 Å². The number of aromatic hydroxyl groups is 1. The van der Waals surface area contributed by atoms with E-state index in [0.717, 1.165) is 17.4 Å². The number of para-hydroxylation sites is 1. The van der Waals surface area contributed by atoms with Crippen molar-refractivity contribution in [2.75, 3.05) is 10.2 Å². The summed E-state index contributed by atoms with van der Waals surface area (Å²) in [4.78, 5) is 55.7. The summed E-state index contributed by atoms with van der Waals surface area (Å²) in [5, 5.41) is 13.1. The third-order valence-electron chi connectivity index (χ3n) is 8.82. The molecule has 0 spiro atoms. The van der Waals surface area contributed by atoms with Gasteiger partial charge in [-0.3, -0.25) is 24.1 Å². The normalized spacial score (nSPS) is 24.7. The lowest BCUT2D eigenvalue weighted by atomic mass is 9.59. The highest BCUT2D eigenvalue weighted by Crippen LogP contribution is 2.55. The molecule has 1 aliphatic heterocycles. The molecule has 43 heavy (non-hydrogen) atoms. The number of fused-ring (bicyclic) bond motifs is 3. The summed E-state index contributed by atoms with van der Waals surface area (Å²) in [5.74, 6) is -5.52. The first-order valence-corrected chi connectivity index (χ1v) is 14.7. The average molecular weight is 639 g/mol. The van der Waals surface area contributed by atoms with Gasteiger partial charge in [0.05, 0.1) is 22.0 Å². The first-order valence-electron chi connectivity index (χ1n) is 13.9. The number of carbonyl (C=O) groups is 4. The molecule has 9 heteroatoms. The Labute approximate surface area is 254 Å². The van der Waals surface area contributed by atoms with E-state index in [1.54, 1.807) is 24.3 Å². The Morgan fingerprint density at radius 3 is 2.33 bits per heavy atom. The molecule has 1 saturated heterocycles. The van der Waals surface area contributed by atoms with Crippen molar-refractivity contribution < 1.29 is 28.7 Å². The van der Waals surface area contributed by atoms with E-state index in [1.807, 2.05) is 36.4 Å². The zero-order valence-corrected chi connectivity index (χ0v) is 24.2. The Morgan fingerprint density at radius 2 is 1.60 bits per heavy atom. The summed E-state index contributed by atoms with van der Waals surface area (Å²) in [5.41, 5.74) is 3.75. The van der Waals surface area contributed by atoms with Crippen molar-refractivity contribution in [3.63, 3.8) is 0 Å². The van der Waals surface area contributed by atoms with Crippen LogP contribution in [0.5, 0.6) is 5.75 Å². The maximum atomic E-state index is 14.6. The van der Waals surface area contributed by atoms with Crippen molar-refractivity contribution in [1.82, 2.24) is 0 Å². The number of hydrogen-bond donors (Lipinski definition) is 2. The minimum absolute atomic E-state index is 0.111. The van der Waals surface area contributed by atoms with Crippen molar-refractivity contribution in [3.8, 4) is 5.75 Å². The van der Waals surface area contributed by atoms with Crippen molar-refractivity contribution >= 4 is 56.4 Å². The van der Waals surface area contributed by atoms with Gasteiger partial charge in [-0.1, -0.05) is 35.9 Å². The Balaban J connectivity index is 1.25. The number of ketones is 2. The summed E-state index contributed by atoms with van der Waals surface area (Å²) >= 11 is 3.20. The number of imide groups is 1. The quantitative estimate of drug-likeness (QED) is 0.199. The second-order valence-electron chi connectivity index (χ2n) is 11.2. The lowest BCUT2D eigenvalue weighted by molar-refractivity contribution is -0.123. The van der Waals surface area contributed by atoms with Crippen LogP contribution in [0.15, 0.2) is 106 Å². The van der Waals surface area contributed by atoms with Gasteiger partial charge in [0.25, 0.3) is 0 Å². The molecule has 1 heterocycles. The topological polar surface area (TPSA) is 104 Å². The fourth-order valence-corrected chi connectivity index (χ4v) is 7.37. The number of amides is 2. The van der Waals surface area contributed by atoms with Crippen LogP contribution >= 0.6 is 15.9 Å². The maximum Gasteiger partial charge on any atom is 0.238 e. The Bertz CT molecular complexity index is 1830. The van der Waals surface area contributed by atoms with E-state index in [2.05, 4.69) is 21.2 Å². The number of rotatable bonds is 4. The number of nitrogens with zero attached hydrogens (tertiary/aromatic N) is 1. The van der Waals surface area contributed by atoms with Gasteiger partial charge in [0.2, 0.25) is 11.8 Å². The van der Waals surface area contributed by atoms with Gasteiger partial charge < -0.3 is 10.4 Å². The van der Waals surface area contributed by atoms with E-state index < -0.39 is 35.2 Å². The van der Waals surface area contributed by atoms with Gasteiger partial charge in [-0.15, -0.1) is 0 Å². The SMILES string of the molecule is O=C1C=C(Br)C(=O)C2=C1[C@@H](c1ccc(O)c(F)c1)C1=CC[C@@H]3C(=O)N(c4ccc(Nc5ccccc5)cc4)C(=O)[C@@H]3[C@@H]1C2. The highest BCUT2D eigenvalue weighted by atomic mass is 79.9. The summed E-state index contributed by atoms with van der Waals surface area (Å²) in [6, 6.07) is 20.6. The molecule has 7 nitrogen and oxygen atoms in total. The lowest BCUT2D eigenvalue weighted by Gasteiger charge is -2.42. The summed E-state index contributed by atoms with van der Waals surface area (Å²) < 4.78 is 14.7. The largest absolute Gasteiger partial charge is 0.505 e. The highest BCUT2D eigenvalue weighted by molar-refractivity contribution is 9.12. The van der Waals surface area contributed by atoms with Crippen LogP contribution in [0.25, 0.3) is 0 Å². The van der Waals surface area contributed by atoms with E-state index >= 15 is 0 Å². The molecule has 2 N–H and O–H groups in total. The summed E-state index contributed by atoms with van der Waals surface area (Å²) in [6.45, 7) is 0. The standard InChI is InChI=1S/C34H24BrFN2O5/c35-25-16-28(40)31-24(32(25)41)15-23-21(29(31)17-6-13-27(39)26(36)14-17)11-12-22-30(23)34(43)38(33(22)42)20-9-7-19(8-10-20)37-18-4-2-1-3-5-18/h1-11,13-14,16,22-23,29-30,37,39H,12,15H2/t22-,23+,29-,30-/m0/s1. The number of halogens is 2. The van der Waals surface area contributed by atoms with Crippen molar-refractivity contribution in [1.29, 1.82) is 0 Å². The van der Waals surface area contributed by atoms with E-state index in [9.17, 15) is 28.7 Å². The molecule has 7 rings (SSSR count). The van der Waals surface area contributed by atoms with Crippen LogP contribution in [0.3, 0.4) is 0 Å². The first-order chi connectivity index (χ1) is 20.7. The zero-order valence-electron chi connectivity index (χ0n) is 22.6. The smallest absolute Gasteiger partial charge is 0.238 e. The second-order valence-corrected chi connectivity index (χ2v) is 12.0. The third kappa shape index (κ3) is 4.38. The van der Waals surface area contributed by atoms with Gasteiger partial charge in [0, 0.05) is 34.5 Å². The lowest BCUT2D eigenvalue weighted by Crippen LogP contribution is -2.39. The zero-order chi connectivity index (χ0) is 30.0. The average Bonchev–Trinajstić information content (AvgIpc) is 3.26. The van der Waals surface area contributed by atoms with Crippen LogP contribution < -0.4 is 10.2 Å². The number of phenols is 1. The molecule has 4 atom stereocenters. The number of benzene rings is 3. The number of Topliss-reactive ketones (excluding diaryl/α,β-unsaturated/α-hetero) is 1. The summed E-state index contributed by atoms with van der Waals surface area (Å²) in [6.07, 6.45) is 3.48. The molecule has 0 saturated carbocycles. The van der Waals surface area contributed by atoms with E-state index in [-0.39, 0.29) is 51.9 Å². The molecule has 0 radical (unpaired) electrons. The monoisotopic (exact) mass is 638 g/mol. The second kappa shape index (κ2) is 10.3. The predicted molar refractivity (Wildman–Crippen MR) is 161 cm³/mol. The molecule has 214 valence electrons. The molecular formula is C34H24BrFN2O5. The van der Waals surface area contributed by atoms with Crippen LogP contribution in [0, 0.1) is 23.6 Å². The van der Waals surface area contributed by atoms with Crippen molar-refractivity contribution in [2.45, 2.75) is 18.8 Å². The number of hydrogen-bond acceptors (Lipinski definition) is 6. The molecule has 3 aromatic rings. The summed E-state index contributed by atoms with van der Waals surface area (Å²) in [7, 11) is 0. The van der Waals surface area contributed by atoms with Crippen LogP contribution in [0.2, 0.25) is 0 Å². The molecule has 4 aliphatic rings. The number of nitrogens with one attached hydrogen (secondary N) is 1. The van der Waals surface area contributed by atoms with Crippen LogP contribution in [0.4, 0.5) is 21.5 Å². The van der Waals surface area contributed by atoms with Crippen LogP contribution in [-0.2, 0) is 19.2 Å². The third-order valence-corrected chi connectivity index (χ3v) is 9.41. The molecule has 0 aromatic heterocycles. The maximum absolute atomic E-state index is 14.6. The van der Waals surface area contributed by atoms with Gasteiger partial charge in [-0.2, -0.15) is 0 Å². The minimum atomic E-state index is -0.856. The molecule has 3 aromatic carbocycles. The molecule has 3 aliphatic carbocycles. The number of phenolic OH excluding ortho intramolecular Hbond substituents is 1. The molecule has 0 bridgehead atoms. The fraction of sp³-hybridized carbons (Fsp3) is 0.176. The Hall–Kier alpha value is -4.63.